The molecule has 0 aromatic heterocycles. The van der Waals surface area contributed by atoms with Gasteiger partial charge in [-0.2, -0.15) is 0 Å². The van der Waals surface area contributed by atoms with Crippen LogP contribution in [0.4, 0.5) is 0 Å². The average molecular weight is 130 g/mol. The van der Waals surface area contributed by atoms with Crippen LogP contribution in [0.5, 0.6) is 0 Å². The molecule has 0 aliphatic rings. The molecule has 0 radical (unpaired) electrons. The van der Waals surface area contributed by atoms with Gasteiger partial charge in [-0.05, 0) is 5.92 Å². The van der Waals surface area contributed by atoms with Gasteiger partial charge in [-0.3, -0.25) is 4.79 Å². The van der Waals surface area contributed by atoms with E-state index in [-0.39, 0.29) is 0 Å². The number of thiol groups is 1. The van der Waals surface area contributed by atoms with Crippen LogP contribution >= 0.6 is 12.6 Å². The van der Waals surface area contributed by atoms with Crippen molar-refractivity contribution in [1.29, 1.82) is 0 Å². The highest BCUT2D eigenvalue weighted by Crippen LogP contribution is 2.01. The third-order valence-corrected chi connectivity index (χ3v) is 0.879. The van der Waals surface area contributed by atoms with E-state index in [0.29, 0.717) is 10.8 Å². The third-order valence-electron chi connectivity index (χ3n) is 0.625. The maximum atomic E-state index is 9.90. The highest BCUT2D eigenvalue weighted by atomic mass is 32.1. The zero-order chi connectivity index (χ0) is 6.57. The summed E-state index contributed by atoms with van der Waals surface area (Å²) in [4.78, 5) is 10.4. The lowest BCUT2D eigenvalue weighted by molar-refractivity contribution is -0.104. The Morgan fingerprint density at radius 1 is 1.62 bits per heavy atom. The average Bonchev–Trinajstić information content (AvgIpc) is 1.65. The van der Waals surface area contributed by atoms with Gasteiger partial charge in [-0.1, -0.05) is 19.9 Å². The molecule has 0 aliphatic carbocycles. The largest absolute Gasteiger partial charge is 0.297 e. The Labute approximate surface area is 55.2 Å². The van der Waals surface area contributed by atoms with Crippen molar-refractivity contribution < 1.29 is 4.79 Å². The lowest BCUT2D eigenvalue weighted by Gasteiger charge is -1.91. The fraction of sp³-hybridized carbons (Fsp3) is 0.500. The third kappa shape index (κ3) is 3.93. The minimum atomic E-state index is 0.410. The first-order valence-electron chi connectivity index (χ1n) is 2.52. The summed E-state index contributed by atoms with van der Waals surface area (Å²) in [6.45, 7) is 4.00. The predicted octanol–water partition coefficient (Wildman–Crippen LogP) is 1.65. The number of aldehydes is 1. The molecule has 8 heavy (non-hydrogen) atoms. The van der Waals surface area contributed by atoms with Crippen LogP contribution in [0.3, 0.4) is 0 Å². The summed E-state index contributed by atoms with van der Waals surface area (Å²) in [5, 5.41) is 0. The number of hydrogen-bond donors (Lipinski definition) is 1. The smallest absolute Gasteiger partial charge is 0.155 e. The molecule has 2 heteroatoms. The van der Waals surface area contributed by atoms with Crippen molar-refractivity contribution in [2.24, 2.45) is 5.92 Å². The Kier molecular flexibility index (Phi) is 3.61. The fourth-order valence-electron chi connectivity index (χ4n) is 0.381. The van der Waals surface area contributed by atoms with E-state index in [1.807, 2.05) is 13.8 Å². The summed E-state index contributed by atoms with van der Waals surface area (Å²) >= 11 is 3.86. The standard InChI is InChI=1S/C6H10OS/c1-5(2)3-6(8)4-7/h3-5,8H,1-2H3/b6-3+. The van der Waals surface area contributed by atoms with Crippen LogP contribution in [0, 0.1) is 5.92 Å². The van der Waals surface area contributed by atoms with Gasteiger partial charge >= 0.3 is 0 Å². The molecular formula is C6H10OS. The summed E-state index contributed by atoms with van der Waals surface area (Å²) in [6, 6.07) is 0. The summed E-state index contributed by atoms with van der Waals surface area (Å²) in [5.41, 5.74) is 0. The number of hydrogen-bond acceptors (Lipinski definition) is 2. The molecule has 1 nitrogen and oxygen atoms in total. The Morgan fingerprint density at radius 2 is 2.12 bits per heavy atom. The maximum Gasteiger partial charge on any atom is 0.155 e. The van der Waals surface area contributed by atoms with Crippen molar-refractivity contribution in [1.82, 2.24) is 0 Å². The SMILES string of the molecule is CC(C)/C=C(/S)C=O. The summed E-state index contributed by atoms with van der Waals surface area (Å²) < 4.78 is 0. The topological polar surface area (TPSA) is 17.1 Å². The van der Waals surface area contributed by atoms with Crippen molar-refractivity contribution in [3.8, 4) is 0 Å². The van der Waals surface area contributed by atoms with E-state index in [1.165, 1.54) is 0 Å². The summed E-state index contributed by atoms with van der Waals surface area (Å²) in [7, 11) is 0. The first-order chi connectivity index (χ1) is 3.66. The highest BCUT2D eigenvalue weighted by molar-refractivity contribution is 7.85. The van der Waals surface area contributed by atoms with Gasteiger partial charge < -0.3 is 0 Å². The number of carbonyl (C=O) groups excluding carboxylic acids is 1. The van der Waals surface area contributed by atoms with Gasteiger partial charge in [0.25, 0.3) is 0 Å². The van der Waals surface area contributed by atoms with Gasteiger partial charge in [0.1, 0.15) is 0 Å². The van der Waals surface area contributed by atoms with Crippen LogP contribution in [-0.4, -0.2) is 6.29 Å². The molecule has 0 saturated heterocycles. The first kappa shape index (κ1) is 7.76. The van der Waals surface area contributed by atoms with E-state index < -0.39 is 0 Å². The molecule has 0 fully saturated rings. The van der Waals surface area contributed by atoms with Crippen molar-refractivity contribution >= 4 is 18.9 Å². The van der Waals surface area contributed by atoms with E-state index in [1.54, 1.807) is 6.08 Å². The molecule has 0 bridgehead atoms. The number of carbonyl (C=O) groups is 1. The van der Waals surface area contributed by atoms with Gasteiger partial charge in [-0.15, -0.1) is 12.6 Å². The van der Waals surface area contributed by atoms with Crippen LogP contribution in [0.2, 0.25) is 0 Å². The van der Waals surface area contributed by atoms with Crippen LogP contribution < -0.4 is 0 Å². The predicted molar refractivity (Wildman–Crippen MR) is 38.0 cm³/mol. The lowest BCUT2D eigenvalue weighted by atomic mass is 10.2. The van der Waals surface area contributed by atoms with Crippen LogP contribution in [0.1, 0.15) is 13.8 Å². The zero-order valence-corrected chi connectivity index (χ0v) is 5.98. The Bertz CT molecular complexity index is 105. The molecule has 0 unspecified atom stereocenters. The van der Waals surface area contributed by atoms with Gasteiger partial charge in [0.2, 0.25) is 0 Å². The summed E-state index contributed by atoms with van der Waals surface area (Å²) in [6.07, 6.45) is 2.54. The molecule has 0 N–H and O–H groups in total. The monoisotopic (exact) mass is 130 g/mol. The first-order valence-corrected chi connectivity index (χ1v) is 2.97. The van der Waals surface area contributed by atoms with Crippen molar-refractivity contribution in [3.05, 3.63) is 11.0 Å². The molecule has 0 aromatic carbocycles. The molecule has 0 amide bonds. The normalized spacial score (nSPS) is 12.2. The second kappa shape index (κ2) is 3.72. The zero-order valence-electron chi connectivity index (χ0n) is 5.09. The molecular weight excluding hydrogens is 120 g/mol. The minimum absolute atomic E-state index is 0.410. The molecule has 0 rings (SSSR count). The van der Waals surface area contributed by atoms with E-state index in [0.717, 1.165) is 6.29 Å². The second-order valence-corrected chi connectivity index (χ2v) is 2.47. The molecule has 0 spiro atoms. The van der Waals surface area contributed by atoms with Gasteiger partial charge in [0, 0.05) is 4.91 Å². The van der Waals surface area contributed by atoms with Crippen molar-refractivity contribution in [3.63, 3.8) is 0 Å². The highest BCUT2D eigenvalue weighted by Gasteiger charge is 1.87. The van der Waals surface area contributed by atoms with Crippen LogP contribution in [0.15, 0.2) is 11.0 Å². The van der Waals surface area contributed by atoms with E-state index in [9.17, 15) is 4.79 Å². The van der Waals surface area contributed by atoms with Crippen molar-refractivity contribution in [2.45, 2.75) is 13.8 Å². The fourth-order valence-corrected chi connectivity index (χ4v) is 0.679. The molecule has 46 valence electrons. The lowest BCUT2D eigenvalue weighted by Crippen LogP contribution is -1.80. The van der Waals surface area contributed by atoms with Gasteiger partial charge in [0.15, 0.2) is 6.29 Å². The van der Waals surface area contributed by atoms with Gasteiger partial charge in [0.05, 0.1) is 0 Å². The van der Waals surface area contributed by atoms with E-state index in [4.69, 9.17) is 0 Å². The molecule has 0 saturated carbocycles. The molecule has 0 heterocycles. The van der Waals surface area contributed by atoms with E-state index in [2.05, 4.69) is 12.6 Å². The molecule has 0 aromatic rings. The quantitative estimate of drug-likeness (QED) is 0.342. The maximum absolute atomic E-state index is 9.90. The van der Waals surface area contributed by atoms with Gasteiger partial charge in [-0.25, -0.2) is 0 Å². The Balaban J connectivity index is 3.74. The van der Waals surface area contributed by atoms with E-state index >= 15 is 0 Å². The Morgan fingerprint density at radius 3 is 2.25 bits per heavy atom. The van der Waals surface area contributed by atoms with Crippen LogP contribution in [-0.2, 0) is 4.79 Å². The molecule has 0 atom stereocenters. The second-order valence-electron chi connectivity index (χ2n) is 1.95. The van der Waals surface area contributed by atoms with Crippen molar-refractivity contribution in [2.75, 3.05) is 0 Å². The summed E-state index contributed by atoms with van der Waals surface area (Å²) in [5.74, 6) is 0.410. The molecule has 0 aliphatic heterocycles. The number of rotatable bonds is 2. The number of allylic oxidation sites excluding steroid dienone is 2. The van der Waals surface area contributed by atoms with Crippen LogP contribution in [0.25, 0.3) is 0 Å². The minimum Gasteiger partial charge on any atom is -0.297 e. The Hall–Kier alpha value is -0.240.